The smallest absolute Gasteiger partial charge is 0.200 e. The van der Waals surface area contributed by atoms with E-state index in [1.165, 1.54) is 19.8 Å². The first-order valence-corrected chi connectivity index (χ1v) is 10.1. The van der Waals surface area contributed by atoms with Crippen molar-refractivity contribution >= 4 is 41.5 Å². The van der Waals surface area contributed by atoms with Crippen LogP contribution < -0.4 is 20.1 Å². The quantitative estimate of drug-likeness (QED) is 0.259. The first kappa shape index (κ1) is 24.4. The number of phenols is 1. The summed E-state index contributed by atoms with van der Waals surface area (Å²) in [5, 5.41) is 17.6. The number of phenolic OH excluding ortho intramolecular Hbond substituents is 1. The Hall–Kier alpha value is -1.87. The largest absolute Gasteiger partial charge is 0.502 e. The molecule has 30 heavy (non-hydrogen) atoms. The van der Waals surface area contributed by atoms with Gasteiger partial charge in [-0.2, -0.15) is 0 Å². The van der Waals surface area contributed by atoms with E-state index in [9.17, 15) is 5.11 Å². The first-order chi connectivity index (χ1) is 14.0. The molecule has 164 valence electrons. The summed E-state index contributed by atoms with van der Waals surface area (Å²) in [4.78, 5) is 4.68. The zero-order valence-corrected chi connectivity index (χ0v) is 20.6. The van der Waals surface area contributed by atoms with E-state index in [4.69, 9.17) is 21.1 Å². The van der Waals surface area contributed by atoms with Gasteiger partial charge in [0.15, 0.2) is 17.5 Å². The average molecular weight is 546 g/mol. The third-order valence-corrected chi connectivity index (χ3v) is 5.42. The number of nitrogens with zero attached hydrogens (tertiary/aromatic N) is 1. The Kier molecular flexibility index (Phi) is 8.91. The van der Waals surface area contributed by atoms with Gasteiger partial charge in [-0.3, -0.25) is 0 Å². The number of ether oxygens (including phenoxy) is 2. The second-order valence-corrected chi connectivity index (χ2v) is 7.62. The highest BCUT2D eigenvalue weighted by atomic mass is 127. The van der Waals surface area contributed by atoms with Crippen LogP contribution in [0.5, 0.6) is 17.2 Å². The molecule has 0 heterocycles. The molecule has 0 atom stereocenters. The number of rotatable bonds is 8. The Labute approximate surface area is 200 Å². The van der Waals surface area contributed by atoms with E-state index in [1.807, 2.05) is 19.1 Å². The molecule has 0 aromatic heterocycles. The number of aliphatic imine (C=N–C) groups is 1. The molecule has 0 spiro atoms. The third-order valence-electron chi connectivity index (χ3n) is 5.19. The van der Waals surface area contributed by atoms with Crippen LogP contribution in [0.15, 0.2) is 41.4 Å². The minimum Gasteiger partial charge on any atom is -0.502 e. The van der Waals surface area contributed by atoms with Gasteiger partial charge in [-0.05, 0) is 55.2 Å². The van der Waals surface area contributed by atoms with Crippen molar-refractivity contribution in [2.75, 3.05) is 27.3 Å². The van der Waals surface area contributed by atoms with E-state index in [1.54, 1.807) is 12.1 Å². The van der Waals surface area contributed by atoms with E-state index in [-0.39, 0.29) is 35.1 Å². The molecule has 6 nitrogen and oxygen atoms in total. The molecule has 2 aromatic carbocycles. The van der Waals surface area contributed by atoms with Gasteiger partial charge < -0.3 is 25.2 Å². The van der Waals surface area contributed by atoms with Gasteiger partial charge in [-0.25, -0.2) is 4.99 Å². The normalized spacial score (nSPS) is 14.5. The fourth-order valence-corrected chi connectivity index (χ4v) is 3.53. The summed E-state index contributed by atoms with van der Waals surface area (Å²) >= 11 is 6.17. The van der Waals surface area contributed by atoms with Gasteiger partial charge in [0, 0.05) is 23.5 Å². The fourth-order valence-electron chi connectivity index (χ4n) is 3.34. The molecule has 0 amide bonds. The van der Waals surface area contributed by atoms with E-state index in [0.717, 1.165) is 42.5 Å². The summed E-state index contributed by atoms with van der Waals surface area (Å²) < 4.78 is 10.4. The van der Waals surface area contributed by atoms with Gasteiger partial charge in [0.1, 0.15) is 0 Å². The number of methoxy groups -OCH3 is 2. The third kappa shape index (κ3) is 5.85. The van der Waals surface area contributed by atoms with Crippen molar-refractivity contribution < 1.29 is 14.6 Å². The molecule has 0 saturated heterocycles. The summed E-state index contributed by atoms with van der Waals surface area (Å²) in [5.74, 6) is 1.47. The molecule has 0 radical (unpaired) electrons. The minimum atomic E-state index is -0.00930. The highest BCUT2D eigenvalue weighted by Crippen LogP contribution is 2.48. The monoisotopic (exact) mass is 545 g/mol. The Morgan fingerprint density at radius 3 is 2.33 bits per heavy atom. The Morgan fingerprint density at radius 2 is 1.80 bits per heavy atom. The highest BCUT2D eigenvalue weighted by Gasteiger charge is 2.44. The summed E-state index contributed by atoms with van der Waals surface area (Å²) in [6, 6.07) is 11.6. The Morgan fingerprint density at radius 1 is 1.13 bits per heavy atom. The predicted molar refractivity (Wildman–Crippen MR) is 132 cm³/mol. The van der Waals surface area contributed by atoms with E-state index >= 15 is 0 Å². The minimum absolute atomic E-state index is 0. The van der Waals surface area contributed by atoms with Crippen LogP contribution in [0.3, 0.4) is 0 Å². The zero-order valence-electron chi connectivity index (χ0n) is 17.5. The second kappa shape index (κ2) is 10.9. The lowest BCUT2D eigenvalue weighted by atomic mass is 9.96. The van der Waals surface area contributed by atoms with Gasteiger partial charge in [0.2, 0.25) is 5.75 Å². The molecule has 8 heteroatoms. The zero-order chi connectivity index (χ0) is 20.9. The molecule has 1 aliphatic rings. The standard InChI is InChI=1S/C22H28ClN3O3.HI/c1-4-24-21(25-13-15-10-18(28-2)20(27)19(11-15)29-3)26-14-22(8-9-22)16-6-5-7-17(23)12-16;/h5-7,10-12,27H,4,8-9,13-14H2,1-3H3,(H2,24,25,26);1H. The summed E-state index contributed by atoms with van der Waals surface area (Å²) in [6.45, 7) is 4.01. The summed E-state index contributed by atoms with van der Waals surface area (Å²) in [6.07, 6.45) is 2.26. The molecule has 1 saturated carbocycles. The van der Waals surface area contributed by atoms with Crippen LogP contribution in [-0.2, 0) is 12.0 Å². The number of nitrogens with one attached hydrogen (secondary N) is 2. The molecule has 0 aliphatic heterocycles. The van der Waals surface area contributed by atoms with Gasteiger partial charge in [0.25, 0.3) is 0 Å². The maximum atomic E-state index is 10.1. The maximum Gasteiger partial charge on any atom is 0.200 e. The highest BCUT2D eigenvalue weighted by molar-refractivity contribution is 14.0. The summed E-state index contributed by atoms with van der Waals surface area (Å²) in [7, 11) is 3.02. The molecule has 1 fully saturated rings. The van der Waals surface area contributed by atoms with Crippen molar-refractivity contribution in [3.63, 3.8) is 0 Å². The molecule has 1 aliphatic carbocycles. The van der Waals surface area contributed by atoms with Crippen molar-refractivity contribution in [2.45, 2.75) is 31.7 Å². The predicted octanol–water partition coefficient (Wildman–Crippen LogP) is 4.47. The van der Waals surface area contributed by atoms with Crippen LogP contribution in [0.1, 0.15) is 30.9 Å². The number of halogens is 2. The van der Waals surface area contributed by atoms with Crippen LogP contribution >= 0.6 is 35.6 Å². The Balaban J connectivity index is 0.00000320. The lowest BCUT2D eigenvalue weighted by Gasteiger charge is -2.19. The SMILES string of the molecule is CCNC(=NCc1cc(OC)c(O)c(OC)c1)NCC1(c2cccc(Cl)c2)CC1.I. The van der Waals surface area contributed by atoms with Crippen molar-refractivity contribution in [3.05, 3.63) is 52.5 Å². The Bertz CT molecular complexity index is 863. The summed E-state index contributed by atoms with van der Waals surface area (Å²) in [5.41, 5.74) is 2.26. The van der Waals surface area contributed by atoms with Gasteiger partial charge in [0.05, 0.1) is 20.8 Å². The lowest BCUT2D eigenvalue weighted by Crippen LogP contribution is -2.41. The van der Waals surface area contributed by atoms with Gasteiger partial charge >= 0.3 is 0 Å². The lowest BCUT2D eigenvalue weighted by molar-refractivity contribution is 0.339. The van der Waals surface area contributed by atoms with Gasteiger partial charge in [-0.1, -0.05) is 23.7 Å². The van der Waals surface area contributed by atoms with Crippen LogP contribution in [0.4, 0.5) is 0 Å². The number of hydrogen-bond acceptors (Lipinski definition) is 4. The van der Waals surface area contributed by atoms with Crippen molar-refractivity contribution in [1.82, 2.24) is 10.6 Å². The molecular formula is C22H29ClIN3O3. The van der Waals surface area contributed by atoms with Gasteiger partial charge in [-0.15, -0.1) is 24.0 Å². The van der Waals surface area contributed by atoms with E-state index < -0.39 is 0 Å². The van der Waals surface area contributed by atoms with Crippen LogP contribution in [0.2, 0.25) is 5.02 Å². The number of hydrogen-bond donors (Lipinski definition) is 3. The molecule has 2 aromatic rings. The van der Waals surface area contributed by atoms with Crippen molar-refractivity contribution in [2.24, 2.45) is 4.99 Å². The molecule has 3 rings (SSSR count). The number of guanidine groups is 1. The number of benzene rings is 2. The first-order valence-electron chi connectivity index (χ1n) is 9.73. The molecule has 3 N–H and O–H groups in total. The molecule has 0 bridgehead atoms. The molecule has 0 unspecified atom stereocenters. The van der Waals surface area contributed by atoms with Crippen molar-refractivity contribution in [3.8, 4) is 17.2 Å². The van der Waals surface area contributed by atoms with Crippen LogP contribution in [0, 0.1) is 0 Å². The van der Waals surface area contributed by atoms with Crippen molar-refractivity contribution in [1.29, 1.82) is 0 Å². The van der Waals surface area contributed by atoms with E-state index in [0.29, 0.717) is 18.0 Å². The average Bonchev–Trinajstić information content (AvgIpc) is 3.52. The number of aromatic hydroxyl groups is 1. The topological polar surface area (TPSA) is 75.1 Å². The van der Waals surface area contributed by atoms with Crippen LogP contribution in [0.25, 0.3) is 0 Å². The van der Waals surface area contributed by atoms with Crippen LogP contribution in [-0.4, -0.2) is 38.4 Å². The maximum absolute atomic E-state index is 10.1. The fraction of sp³-hybridized carbons (Fsp3) is 0.409. The molecular weight excluding hydrogens is 517 g/mol. The second-order valence-electron chi connectivity index (χ2n) is 7.19. The van der Waals surface area contributed by atoms with E-state index in [2.05, 4.69) is 27.8 Å².